The molecule has 0 spiro atoms. The number of rotatable bonds is 4. The monoisotopic (exact) mass is 264 g/mol. The van der Waals surface area contributed by atoms with E-state index in [2.05, 4.69) is 30.9 Å². The summed E-state index contributed by atoms with van der Waals surface area (Å²) < 4.78 is 5.29. The lowest BCUT2D eigenvalue weighted by molar-refractivity contribution is -0.140. The molecular formula is C7H9BrN2O2S. The third-order valence-electron chi connectivity index (χ3n) is 1.44. The molecule has 0 saturated heterocycles. The lowest BCUT2D eigenvalue weighted by Crippen LogP contribution is -2.00. The van der Waals surface area contributed by atoms with E-state index in [1.807, 2.05) is 0 Å². The molecule has 1 aromatic heterocycles. The molecule has 1 heterocycles. The molecule has 0 atom stereocenters. The SMILES string of the molecule is COC(=O)CCCc1nnc(Br)s1. The number of aryl methyl sites for hydroxylation is 1. The van der Waals surface area contributed by atoms with Crippen LogP contribution in [-0.4, -0.2) is 23.3 Å². The minimum atomic E-state index is -0.177. The molecule has 1 rings (SSSR count). The molecule has 0 aliphatic carbocycles. The van der Waals surface area contributed by atoms with Gasteiger partial charge in [-0.25, -0.2) is 0 Å². The molecule has 0 aliphatic rings. The average Bonchev–Trinajstić information content (AvgIpc) is 2.51. The summed E-state index contributed by atoms with van der Waals surface area (Å²) >= 11 is 4.71. The van der Waals surface area contributed by atoms with E-state index in [1.165, 1.54) is 18.4 Å². The second kappa shape index (κ2) is 5.29. The molecule has 6 heteroatoms. The van der Waals surface area contributed by atoms with Crippen molar-refractivity contribution < 1.29 is 9.53 Å². The zero-order valence-electron chi connectivity index (χ0n) is 7.12. The minimum absolute atomic E-state index is 0.177. The Morgan fingerprint density at radius 3 is 2.92 bits per heavy atom. The van der Waals surface area contributed by atoms with Gasteiger partial charge in [-0.1, -0.05) is 11.3 Å². The molecule has 0 aliphatic heterocycles. The lowest BCUT2D eigenvalue weighted by atomic mass is 10.2. The molecule has 1 aromatic rings. The van der Waals surface area contributed by atoms with Crippen molar-refractivity contribution in [1.29, 1.82) is 0 Å². The van der Waals surface area contributed by atoms with Gasteiger partial charge in [0, 0.05) is 12.8 Å². The van der Waals surface area contributed by atoms with Crippen LogP contribution in [0.2, 0.25) is 0 Å². The van der Waals surface area contributed by atoms with Crippen LogP contribution in [0.25, 0.3) is 0 Å². The standard InChI is InChI=1S/C7H9BrN2O2S/c1-12-6(11)4-2-3-5-9-10-7(8)13-5/h2-4H2,1H3. The molecule has 0 radical (unpaired) electrons. The summed E-state index contributed by atoms with van der Waals surface area (Å²) in [5.74, 6) is -0.177. The van der Waals surface area contributed by atoms with Gasteiger partial charge in [0.05, 0.1) is 7.11 Å². The number of nitrogens with zero attached hydrogens (tertiary/aromatic N) is 2. The highest BCUT2D eigenvalue weighted by atomic mass is 79.9. The second-order valence-corrected chi connectivity index (χ2v) is 4.72. The van der Waals surface area contributed by atoms with Gasteiger partial charge in [0.1, 0.15) is 5.01 Å². The van der Waals surface area contributed by atoms with Crippen molar-refractivity contribution in [3.63, 3.8) is 0 Å². The largest absolute Gasteiger partial charge is 0.469 e. The van der Waals surface area contributed by atoms with Gasteiger partial charge in [-0.3, -0.25) is 4.79 Å². The van der Waals surface area contributed by atoms with Crippen molar-refractivity contribution in [3.05, 3.63) is 8.92 Å². The Hall–Kier alpha value is -0.490. The highest BCUT2D eigenvalue weighted by Crippen LogP contribution is 2.17. The highest BCUT2D eigenvalue weighted by Gasteiger charge is 2.04. The molecule has 0 bridgehead atoms. The van der Waals surface area contributed by atoms with Gasteiger partial charge >= 0.3 is 5.97 Å². The molecule has 4 nitrogen and oxygen atoms in total. The normalized spacial score (nSPS) is 10.0. The maximum absolute atomic E-state index is 10.7. The summed E-state index contributed by atoms with van der Waals surface area (Å²) in [7, 11) is 1.39. The summed E-state index contributed by atoms with van der Waals surface area (Å²) in [4.78, 5) is 10.7. The zero-order valence-corrected chi connectivity index (χ0v) is 9.52. The summed E-state index contributed by atoms with van der Waals surface area (Å²) in [6, 6.07) is 0. The molecule has 72 valence electrons. The minimum Gasteiger partial charge on any atom is -0.469 e. The maximum Gasteiger partial charge on any atom is 0.305 e. The van der Waals surface area contributed by atoms with Crippen LogP contribution in [0.1, 0.15) is 17.8 Å². The van der Waals surface area contributed by atoms with E-state index in [1.54, 1.807) is 0 Å². The average molecular weight is 265 g/mol. The Bertz CT molecular complexity index is 290. The van der Waals surface area contributed by atoms with Gasteiger partial charge in [0.15, 0.2) is 3.92 Å². The summed E-state index contributed by atoms with van der Waals surface area (Å²) in [5, 5.41) is 8.65. The third-order valence-corrected chi connectivity index (χ3v) is 2.86. The van der Waals surface area contributed by atoms with Gasteiger partial charge < -0.3 is 4.74 Å². The topological polar surface area (TPSA) is 52.1 Å². The molecular weight excluding hydrogens is 256 g/mol. The molecule has 0 N–H and O–H groups in total. The molecule has 0 amide bonds. The van der Waals surface area contributed by atoms with Crippen LogP contribution in [-0.2, 0) is 16.0 Å². The maximum atomic E-state index is 10.7. The number of carbonyl (C=O) groups is 1. The van der Waals surface area contributed by atoms with E-state index in [4.69, 9.17) is 0 Å². The fourth-order valence-electron chi connectivity index (χ4n) is 0.820. The Kier molecular flexibility index (Phi) is 4.31. The Balaban J connectivity index is 2.24. The van der Waals surface area contributed by atoms with Gasteiger partial charge in [0.2, 0.25) is 0 Å². The molecule has 13 heavy (non-hydrogen) atoms. The fraction of sp³-hybridized carbons (Fsp3) is 0.571. The molecule has 0 aromatic carbocycles. The van der Waals surface area contributed by atoms with Gasteiger partial charge in [-0.15, -0.1) is 10.2 Å². The predicted octanol–water partition coefficient (Wildman–Crippen LogP) is 1.80. The number of halogens is 1. The third kappa shape index (κ3) is 3.82. The van der Waals surface area contributed by atoms with E-state index in [9.17, 15) is 4.79 Å². The number of ether oxygens (including phenoxy) is 1. The number of methoxy groups -OCH3 is 1. The van der Waals surface area contributed by atoms with Crippen molar-refractivity contribution in [3.8, 4) is 0 Å². The van der Waals surface area contributed by atoms with Crippen molar-refractivity contribution in [2.75, 3.05) is 7.11 Å². The van der Waals surface area contributed by atoms with Crippen LogP contribution in [0.4, 0.5) is 0 Å². The number of carbonyl (C=O) groups excluding carboxylic acids is 1. The quantitative estimate of drug-likeness (QED) is 0.779. The first-order valence-electron chi connectivity index (χ1n) is 3.77. The Labute approximate surface area is 88.4 Å². The van der Waals surface area contributed by atoms with E-state index in [0.717, 1.165) is 21.8 Å². The van der Waals surface area contributed by atoms with Crippen LogP contribution >= 0.6 is 27.3 Å². The van der Waals surface area contributed by atoms with Crippen LogP contribution in [0.3, 0.4) is 0 Å². The van der Waals surface area contributed by atoms with Crippen molar-refractivity contribution in [2.45, 2.75) is 19.3 Å². The van der Waals surface area contributed by atoms with Crippen molar-refractivity contribution in [1.82, 2.24) is 10.2 Å². The van der Waals surface area contributed by atoms with Crippen LogP contribution in [0.5, 0.6) is 0 Å². The smallest absolute Gasteiger partial charge is 0.305 e. The summed E-state index contributed by atoms with van der Waals surface area (Å²) in [5.41, 5.74) is 0. The highest BCUT2D eigenvalue weighted by molar-refractivity contribution is 9.11. The van der Waals surface area contributed by atoms with E-state index in [0.29, 0.717) is 6.42 Å². The Morgan fingerprint density at radius 1 is 1.62 bits per heavy atom. The molecule has 0 fully saturated rings. The molecule has 0 saturated carbocycles. The fourth-order valence-corrected chi connectivity index (χ4v) is 2.06. The predicted molar refractivity (Wildman–Crippen MR) is 52.6 cm³/mol. The first kappa shape index (κ1) is 10.6. The number of hydrogen-bond donors (Lipinski definition) is 0. The van der Waals surface area contributed by atoms with Gasteiger partial charge in [0.25, 0.3) is 0 Å². The number of aromatic nitrogens is 2. The van der Waals surface area contributed by atoms with Gasteiger partial charge in [-0.05, 0) is 22.4 Å². The summed E-state index contributed by atoms with van der Waals surface area (Å²) in [6.07, 6.45) is 1.97. The summed E-state index contributed by atoms with van der Waals surface area (Å²) in [6.45, 7) is 0. The number of hydrogen-bond acceptors (Lipinski definition) is 5. The van der Waals surface area contributed by atoms with Crippen LogP contribution in [0.15, 0.2) is 3.92 Å². The Morgan fingerprint density at radius 2 is 2.38 bits per heavy atom. The van der Waals surface area contributed by atoms with Crippen molar-refractivity contribution in [2.24, 2.45) is 0 Å². The zero-order chi connectivity index (χ0) is 9.68. The van der Waals surface area contributed by atoms with Crippen LogP contribution < -0.4 is 0 Å². The number of esters is 1. The first-order valence-corrected chi connectivity index (χ1v) is 5.38. The molecule has 0 unspecified atom stereocenters. The van der Waals surface area contributed by atoms with Crippen LogP contribution in [0, 0.1) is 0 Å². The van der Waals surface area contributed by atoms with Gasteiger partial charge in [-0.2, -0.15) is 0 Å². The van der Waals surface area contributed by atoms with E-state index < -0.39 is 0 Å². The first-order chi connectivity index (χ1) is 6.22. The lowest BCUT2D eigenvalue weighted by Gasteiger charge is -1.95. The van der Waals surface area contributed by atoms with Crippen molar-refractivity contribution >= 4 is 33.2 Å². The van der Waals surface area contributed by atoms with E-state index in [-0.39, 0.29) is 5.97 Å². The second-order valence-electron chi connectivity index (χ2n) is 2.38. The van der Waals surface area contributed by atoms with E-state index >= 15 is 0 Å².